The van der Waals surface area contributed by atoms with Gasteiger partial charge in [0.15, 0.2) is 5.65 Å². The van der Waals surface area contributed by atoms with Gasteiger partial charge in [-0.1, -0.05) is 0 Å². The van der Waals surface area contributed by atoms with E-state index in [2.05, 4.69) is 15.3 Å². The second-order valence-electron chi connectivity index (χ2n) is 8.55. The molecule has 1 amide bonds. The number of hydrogen-bond acceptors (Lipinski definition) is 4. The van der Waals surface area contributed by atoms with Crippen molar-refractivity contribution in [2.24, 2.45) is 11.8 Å². The lowest BCUT2D eigenvalue weighted by molar-refractivity contribution is -0.141. The van der Waals surface area contributed by atoms with Crippen molar-refractivity contribution >= 4 is 23.0 Å². The van der Waals surface area contributed by atoms with Crippen LogP contribution in [0.25, 0.3) is 11.2 Å². The second-order valence-corrected chi connectivity index (χ2v) is 8.55. The molecule has 0 unspecified atom stereocenters. The third kappa shape index (κ3) is 3.99. The number of amides is 1. The van der Waals surface area contributed by atoms with Gasteiger partial charge in [-0.2, -0.15) is 13.2 Å². The van der Waals surface area contributed by atoms with Crippen molar-refractivity contribution in [3.8, 4) is 0 Å². The molecule has 0 atom stereocenters. The molecule has 2 N–H and O–H groups in total. The van der Waals surface area contributed by atoms with Crippen LogP contribution in [-0.2, 0) is 11.0 Å². The Bertz CT molecular complexity index is 896. The number of alkyl halides is 3. The van der Waals surface area contributed by atoms with Crippen LogP contribution in [0, 0.1) is 11.8 Å². The Morgan fingerprint density at radius 3 is 2.32 bits per heavy atom. The van der Waals surface area contributed by atoms with Crippen molar-refractivity contribution in [3.63, 3.8) is 0 Å². The molecule has 2 aromatic rings. The van der Waals surface area contributed by atoms with E-state index in [0.717, 1.165) is 31.7 Å². The molecule has 2 fully saturated rings. The highest BCUT2D eigenvalue weighted by atomic mass is 19.4. The van der Waals surface area contributed by atoms with Crippen molar-refractivity contribution in [1.29, 1.82) is 0 Å². The highest BCUT2D eigenvalue weighted by molar-refractivity contribution is 5.91. The summed E-state index contributed by atoms with van der Waals surface area (Å²) in [5.41, 5.74) is -1.70. The van der Waals surface area contributed by atoms with Gasteiger partial charge in [-0.25, -0.2) is 9.97 Å². The first-order chi connectivity index (χ1) is 13.0. The van der Waals surface area contributed by atoms with Crippen LogP contribution < -0.4 is 5.32 Å². The normalized spacial score (nSPS) is 18.1. The summed E-state index contributed by atoms with van der Waals surface area (Å²) >= 11 is 0. The van der Waals surface area contributed by atoms with Gasteiger partial charge in [0.1, 0.15) is 11.2 Å². The molecule has 28 heavy (non-hydrogen) atoms. The monoisotopic (exact) mass is 396 g/mol. The highest BCUT2D eigenvalue weighted by Gasteiger charge is 2.45. The van der Waals surface area contributed by atoms with Crippen molar-refractivity contribution in [1.82, 2.24) is 14.5 Å². The Labute approximate surface area is 160 Å². The van der Waals surface area contributed by atoms with E-state index in [9.17, 15) is 23.1 Å². The Kier molecular flexibility index (Phi) is 4.41. The van der Waals surface area contributed by atoms with Crippen molar-refractivity contribution in [2.45, 2.75) is 63.8 Å². The maximum absolute atomic E-state index is 13.2. The number of halogens is 3. The van der Waals surface area contributed by atoms with E-state index in [4.69, 9.17) is 0 Å². The summed E-state index contributed by atoms with van der Waals surface area (Å²) in [6.07, 6.45) is -0.654. The zero-order chi connectivity index (χ0) is 20.3. The molecule has 152 valence electrons. The largest absolute Gasteiger partial charge is 0.433 e. The number of aromatic nitrogens is 3. The number of carbonyl (C=O) groups is 1. The fourth-order valence-electron chi connectivity index (χ4n) is 3.75. The van der Waals surface area contributed by atoms with Crippen molar-refractivity contribution in [3.05, 3.63) is 17.8 Å². The molecule has 0 spiro atoms. The molecule has 0 radical (unpaired) electrons. The van der Waals surface area contributed by atoms with E-state index in [-0.39, 0.29) is 24.1 Å². The van der Waals surface area contributed by atoms with Crippen LogP contribution in [0.15, 0.2) is 12.1 Å². The number of carbonyl (C=O) groups excluding carboxylic acids is 1. The van der Waals surface area contributed by atoms with Crippen LogP contribution in [0.5, 0.6) is 0 Å². The lowest BCUT2D eigenvalue weighted by Gasteiger charge is -2.22. The summed E-state index contributed by atoms with van der Waals surface area (Å²) in [6.45, 7) is 3.04. The molecule has 0 aliphatic heterocycles. The van der Waals surface area contributed by atoms with Gasteiger partial charge in [-0.05, 0) is 63.5 Å². The smallest absolute Gasteiger partial charge is 0.390 e. The van der Waals surface area contributed by atoms with Gasteiger partial charge in [0.05, 0.1) is 12.0 Å². The molecular weight excluding hydrogens is 373 g/mol. The van der Waals surface area contributed by atoms with Crippen LogP contribution in [0.1, 0.15) is 57.7 Å². The van der Waals surface area contributed by atoms with Gasteiger partial charge < -0.3 is 5.11 Å². The lowest BCUT2D eigenvalue weighted by atomic mass is 10.1. The van der Waals surface area contributed by atoms with Crippen LogP contribution in [0.4, 0.5) is 19.1 Å². The van der Waals surface area contributed by atoms with Crippen LogP contribution in [0.3, 0.4) is 0 Å². The Balaban J connectivity index is 1.79. The van der Waals surface area contributed by atoms with E-state index in [0.29, 0.717) is 17.4 Å². The minimum Gasteiger partial charge on any atom is -0.390 e. The number of fused-ring (bicyclic) bond motifs is 1. The van der Waals surface area contributed by atoms with Crippen LogP contribution in [0.2, 0.25) is 0 Å². The van der Waals surface area contributed by atoms with Gasteiger partial charge in [-0.15, -0.1) is 0 Å². The van der Waals surface area contributed by atoms with Crippen LogP contribution in [-0.4, -0.2) is 31.1 Å². The minimum atomic E-state index is -4.55. The zero-order valence-electron chi connectivity index (χ0n) is 15.8. The Morgan fingerprint density at radius 1 is 1.21 bits per heavy atom. The first-order valence-corrected chi connectivity index (χ1v) is 9.51. The van der Waals surface area contributed by atoms with Crippen molar-refractivity contribution in [2.75, 3.05) is 5.32 Å². The van der Waals surface area contributed by atoms with Crippen LogP contribution >= 0.6 is 0 Å². The van der Waals surface area contributed by atoms with E-state index in [1.54, 1.807) is 4.57 Å². The van der Waals surface area contributed by atoms with Gasteiger partial charge in [0.25, 0.3) is 0 Å². The number of nitrogens with zero attached hydrogens (tertiary/aromatic N) is 3. The molecular formula is C19H23F3N4O2. The van der Waals surface area contributed by atoms with Gasteiger partial charge in [-0.3, -0.25) is 14.7 Å². The lowest BCUT2D eigenvalue weighted by Crippen LogP contribution is -2.28. The zero-order valence-corrected chi connectivity index (χ0v) is 15.8. The molecule has 0 saturated heterocycles. The summed E-state index contributed by atoms with van der Waals surface area (Å²) in [4.78, 5) is 20.6. The minimum absolute atomic E-state index is 0.0154. The fraction of sp³-hybridized carbons (Fsp3) is 0.632. The SMILES string of the molecule is CC(C)(O)CC(=O)Nc1nc2ccc(C(F)(F)F)nc2n1C(C1CC1)C1CC1. The first kappa shape index (κ1) is 19.2. The Morgan fingerprint density at radius 2 is 1.82 bits per heavy atom. The third-order valence-electron chi connectivity index (χ3n) is 5.18. The average molecular weight is 396 g/mol. The molecule has 2 aromatic heterocycles. The molecule has 2 heterocycles. The molecule has 0 bridgehead atoms. The molecule has 2 aliphatic rings. The number of rotatable bonds is 6. The summed E-state index contributed by atoms with van der Waals surface area (Å²) in [6, 6.07) is 2.19. The number of hydrogen-bond donors (Lipinski definition) is 2. The van der Waals surface area contributed by atoms with Gasteiger partial charge in [0.2, 0.25) is 11.9 Å². The third-order valence-corrected chi connectivity index (χ3v) is 5.18. The predicted molar refractivity (Wildman–Crippen MR) is 96.6 cm³/mol. The quantitative estimate of drug-likeness (QED) is 0.776. The summed E-state index contributed by atoms with van der Waals surface area (Å²) in [5, 5.41) is 12.6. The van der Waals surface area contributed by atoms with E-state index < -0.39 is 23.4 Å². The van der Waals surface area contributed by atoms with Gasteiger partial charge >= 0.3 is 6.18 Å². The number of anilines is 1. The standard InChI is InChI=1S/C19H23F3N4O2/c1-18(2,28)9-14(27)25-17-23-12-7-8-13(19(20,21)22)24-16(12)26(17)15(10-3-4-10)11-5-6-11/h7-8,10-11,15,28H,3-6,9H2,1-2H3,(H,23,25,27). The summed E-state index contributed by atoms with van der Waals surface area (Å²) < 4.78 is 41.3. The molecule has 4 rings (SSSR count). The van der Waals surface area contributed by atoms with E-state index in [1.165, 1.54) is 19.9 Å². The van der Waals surface area contributed by atoms with Gasteiger partial charge in [0, 0.05) is 6.04 Å². The molecule has 9 heteroatoms. The molecule has 6 nitrogen and oxygen atoms in total. The Hall–Kier alpha value is -2.16. The van der Waals surface area contributed by atoms with E-state index >= 15 is 0 Å². The summed E-state index contributed by atoms with van der Waals surface area (Å²) in [7, 11) is 0. The maximum atomic E-state index is 13.2. The number of imidazole rings is 1. The first-order valence-electron chi connectivity index (χ1n) is 9.51. The maximum Gasteiger partial charge on any atom is 0.433 e. The van der Waals surface area contributed by atoms with E-state index in [1.807, 2.05) is 0 Å². The average Bonchev–Trinajstić information content (AvgIpc) is 3.44. The topological polar surface area (TPSA) is 80.0 Å². The molecule has 2 saturated carbocycles. The number of nitrogens with one attached hydrogen (secondary N) is 1. The number of aliphatic hydroxyl groups is 1. The predicted octanol–water partition coefficient (Wildman–Crippen LogP) is 3.91. The molecule has 0 aromatic carbocycles. The van der Waals surface area contributed by atoms with Crippen molar-refractivity contribution < 1.29 is 23.1 Å². The second kappa shape index (κ2) is 6.43. The highest BCUT2D eigenvalue weighted by Crippen LogP contribution is 2.53. The fourth-order valence-corrected chi connectivity index (χ4v) is 3.75. The summed E-state index contributed by atoms with van der Waals surface area (Å²) in [5.74, 6) is 0.502. The molecule has 2 aliphatic carbocycles. The number of pyridine rings is 1.